The van der Waals surface area contributed by atoms with E-state index in [4.69, 9.17) is 14.5 Å². The van der Waals surface area contributed by atoms with E-state index < -0.39 is 11.8 Å². The summed E-state index contributed by atoms with van der Waals surface area (Å²) in [5, 5.41) is 0. The molecule has 3 aromatic rings. The van der Waals surface area contributed by atoms with Crippen molar-refractivity contribution in [1.29, 1.82) is 0 Å². The fourth-order valence-corrected chi connectivity index (χ4v) is 5.01. The molecule has 0 spiro atoms. The maximum atomic E-state index is 13.3. The van der Waals surface area contributed by atoms with E-state index in [1.54, 1.807) is 6.08 Å². The Bertz CT molecular complexity index is 1310. The Hall–Kier alpha value is -2.97. The summed E-state index contributed by atoms with van der Waals surface area (Å²) in [6.45, 7) is 11.5. The Labute approximate surface area is 213 Å². The van der Waals surface area contributed by atoms with Gasteiger partial charge < -0.3 is 14.4 Å². The molecule has 8 heteroatoms. The number of anilines is 1. The van der Waals surface area contributed by atoms with Crippen LogP contribution in [0.1, 0.15) is 41.3 Å². The number of esters is 1. The standard InChI is InChI=1S/C27H30BrN3O4/c1-6-14-35-27(4)10-12-30(13-11-27)25-22(23(32)26(33)34-5)17(2)18(3)24-29-21(16-31(24)25)19-8-7-9-20(28)15-19/h6-9,15-16H,1,10-14H2,2-5H3. The van der Waals surface area contributed by atoms with Crippen LogP contribution in [0.15, 0.2) is 47.6 Å². The number of benzene rings is 1. The summed E-state index contributed by atoms with van der Waals surface area (Å²) in [6, 6.07) is 7.93. The lowest BCUT2D eigenvalue weighted by atomic mass is 9.92. The fraction of sp³-hybridized carbons (Fsp3) is 0.370. The fourth-order valence-electron chi connectivity index (χ4n) is 4.61. The number of ether oxygens (including phenoxy) is 2. The number of aryl methyl sites for hydroxylation is 1. The zero-order chi connectivity index (χ0) is 25.3. The number of Topliss-reactive ketones (excluding diaryl/α,β-unsaturated/α-hetero) is 1. The average molecular weight is 540 g/mol. The van der Waals surface area contributed by atoms with Crippen LogP contribution in [0.3, 0.4) is 0 Å². The number of aromatic nitrogens is 2. The minimum absolute atomic E-state index is 0.271. The molecule has 0 atom stereocenters. The van der Waals surface area contributed by atoms with Crippen molar-refractivity contribution in [3.63, 3.8) is 0 Å². The molecule has 1 aromatic carbocycles. The number of hydrogen-bond acceptors (Lipinski definition) is 6. The van der Waals surface area contributed by atoms with Gasteiger partial charge in [-0.2, -0.15) is 0 Å². The number of ketones is 1. The Kier molecular flexibility index (Phi) is 7.15. The van der Waals surface area contributed by atoms with E-state index in [9.17, 15) is 9.59 Å². The first-order valence-electron chi connectivity index (χ1n) is 11.6. The van der Waals surface area contributed by atoms with E-state index in [2.05, 4.69) is 34.3 Å². The SMILES string of the molecule is C=CCOC1(C)CCN(c2c(C(=O)C(=O)OC)c(C)c(C)c3nc(-c4cccc(Br)c4)cn23)CC1. The number of imidazole rings is 1. The van der Waals surface area contributed by atoms with Crippen LogP contribution in [0.25, 0.3) is 16.9 Å². The van der Waals surface area contributed by atoms with Crippen LogP contribution in [0, 0.1) is 13.8 Å². The molecule has 0 N–H and O–H groups in total. The third kappa shape index (κ3) is 4.77. The van der Waals surface area contributed by atoms with E-state index in [0.717, 1.165) is 45.3 Å². The molecule has 0 unspecified atom stereocenters. The Balaban J connectivity index is 1.88. The number of rotatable bonds is 7. The second kappa shape index (κ2) is 9.95. The van der Waals surface area contributed by atoms with Gasteiger partial charge in [-0.05, 0) is 56.9 Å². The lowest BCUT2D eigenvalue weighted by molar-refractivity contribution is -0.135. The van der Waals surface area contributed by atoms with Gasteiger partial charge in [0.15, 0.2) is 0 Å². The molecule has 0 saturated carbocycles. The molecule has 0 bridgehead atoms. The number of fused-ring (bicyclic) bond motifs is 1. The topological polar surface area (TPSA) is 73.1 Å². The number of halogens is 1. The highest BCUT2D eigenvalue weighted by Crippen LogP contribution is 2.36. The van der Waals surface area contributed by atoms with Crippen molar-refractivity contribution in [2.45, 2.75) is 39.2 Å². The molecular formula is C27H30BrN3O4. The smallest absolute Gasteiger partial charge is 0.379 e. The summed E-state index contributed by atoms with van der Waals surface area (Å²) in [5.41, 5.74) is 4.15. The van der Waals surface area contributed by atoms with Crippen LogP contribution in [0.4, 0.5) is 5.82 Å². The van der Waals surface area contributed by atoms with Gasteiger partial charge >= 0.3 is 5.97 Å². The average Bonchev–Trinajstić information content (AvgIpc) is 3.30. The Morgan fingerprint density at radius 1 is 1.23 bits per heavy atom. The maximum Gasteiger partial charge on any atom is 0.379 e. The molecule has 2 aromatic heterocycles. The van der Waals surface area contributed by atoms with E-state index >= 15 is 0 Å². The van der Waals surface area contributed by atoms with Crippen LogP contribution >= 0.6 is 15.9 Å². The van der Waals surface area contributed by atoms with Gasteiger partial charge in [0.2, 0.25) is 0 Å². The minimum atomic E-state index is -0.878. The summed E-state index contributed by atoms with van der Waals surface area (Å²) in [4.78, 5) is 32.7. The molecule has 1 aliphatic heterocycles. The number of carbonyl (C=O) groups is 2. The van der Waals surface area contributed by atoms with Gasteiger partial charge in [0.1, 0.15) is 11.5 Å². The Morgan fingerprint density at radius 3 is 2.57 bits per heavy atom. The summed E-state index contributed by atoms with van der Waals surface area (Å²) >= 11 is 3.53. The summed E-state index contributed by atoms with van der Waals surface area (Å²) in [5.74, 6) is -0.867. The van der Waals surface area contributed by atoms with Crippen LogP contribution in [-0.2, 0) is 14.3 Å². The number of piperidine rings is 1. The van der Waals surface area contributed by atoms with Crippen molar-refractivity contribution in [3.8, 4) is 11.3 Å². The second-order valence-electron chi connectivity index (χ2n) is 9.14. The summed E-state index contributed by atoms with van der Waals surface area (Å²) in [7, 11) is 1.23. The first-order chi connectivity index (χ1) is 16.7. The number of methoxy groups -OCH3 is 1. The van der Waals surface area contributed by atoms with E-state index in [-0.39, 0.29) is 5.60 Å². The third-order valence-electron chi connectivity index (χ3n) is 6.82. The van der Waals surface area contributed by atoms with Crippen LogP contribution in [0.5, 0.6) is 0 Å². The van der Waals surface area contributed by atoms with Crippen molar-refractivity contribution in [3.05, 3.63) is 64.3 Å². The predicted molar refractivity (Wildman–Crippen MR) is 140 cm³/mol. The highest BCUT2D eigenvalue weighted by Gasteiger charge is 2.35. The largest absolute Gasteiger partial charge is 0.463 e. The molecule has 1 saturated heterocycles. The maximum absolute atomic E-state index is 13.3. The van der Waals surface area contributed by atoms with Crippen molar-refractivity contribution in [1.82, 2.24) is 9.38 Å². The van der Waals surface area contributed by atoms with Gasteiger partial charge in [-0.1, -0.05) is 34.1 Å². The first-order valence-corrected chi connectivity index (χ1v) is 12.4. The van der Waals surface area contributed by atoms with E-state index in [1.165, 1.54) is 7.11 Å². The van der Waals surface area contributed by atoms with Crippen LogP contribution < -0.4 is 4.90 Å². The normalized spacial score (nSPS) is 15.3. The zero-order valence-electron chi connectivity index (χ0n) is 20.6. The summed E-state index contributed by atoms with van der Waals surface area (Å²) in [6.07, 6.45) is 5.24. The van der Waals surface area contributed by atoms with E-state index in [1.807, 2.05) is 48.7 Å². The van der Waals surface area contributed by atoms with Gasteiger partial charge in [0, 0.05) is 29.3 Å². The lowest BCUT2D eigenvalue weighted by Gasteiger charge is -2.41. The molecule has 1 aliphatic rings. The van der Waals surface area contributed by atoms with Gasteiger partial charge in [0.05, 0.1) is 30.6 Å². The molecule has 0 radical (unpaired) electrons. The van der Waals surface area contributed by atoms with Gasteiger partial charge in [-0.3, -0.25) is 9.20 Å². The van der Waals surface area contributed by atoms with Crippen LogP contribution in [0.2, 0.25) is 0 Å². The monoisotopic (exact) mass is 539 g/mol. The Morgan fingerprint density at radius 2 is 1.94 bits per heavy atom. The van der Waals surface area contributed by atoms with Crippen molar-refractivity contribution in [2.75, 3.05) is 31.7 Å². The summed E-state index contributed by atoms with van der Waals surface area (Å²) < 4.78 is 13.7. The quantitative estimate of drug-likeness (QED) is 0.175. The van der Waals surface area contributed by atoms with Crippen molar-refractivity contribution >= 4 is 39.1 Å². The molecule has 35 heavy (non-hydrogen) atoms. The number of hydrogen-bond donors (Lipinski definition) is 0. The molecule has 0 amide bonds. The minimum Gasteiger partial charge on any atom is -0.463 e. The number of nitrogens with zero attached hydrogens (tertiary/aromatic N) is 3. The molecule has 184 valence electrons. The van der Waals surface area contributed by atoms with Crippen molar-refractivity contribution < 1.29 is 19.1 Å². The van der Waals surface area contributed by atoms with Gasteiger partial charge in [-0.25, -0.2) is 9.78 Å². The molecule has 1 fully saturated rings. The van der Waals surface area contributed by atoms with Crippen LogP contribution in [-0.4, -0.2) is 53.5 Å². The molecular weight excluding hydrogens is 510 g/mol. The van der Waals surface area contributed by atoms with Crippen molar-refractivity contribution in [2.24, 2.45) is 0 Å². The molecule has 4 rings (SSSR count). The first kappa shape index (κ1) is 25.1. The molecule has 3 heterocycles. The number of carbonyl (C=O) groups excluding carboxylic acids is 2. The lowest BCUT2D eigenvalue weighted by Crippen LogP contribution is -2.45. The highest BCUT2D eigenvalue weighted by atomic mass is 79.9. The van der Waals surface area contributed by atoms with E-state index in [0.29, 0.717) is 31.1 Å². The molecule has 0 aliphatic carbocycles. The zero-order valence-corrected chi connectivity index (χ0v) is 22.1. The predicted octanol–water partition coefficient (Wildman–Crippen LogP) is 5.30. The third-order valence-corrected chi connectivity index (χ3v) is 7.31. The highest BCUT2D eigenvalue weighted by molar-refractivity contribution is 9.10. The molecule has 7 nitrogen and oxygen atoms in total. The second-order valence-corrected chi connectivity index (χ2v) is 10.1. The number of pyridine rings is 1. The van der Waals surface area contributed by atoms with Gasteiger partial charge in [-0.15, -0.1) is 6.58 Å². The van der Waals surface area contributed by atoms with Gasteiger partial charge in [0.25, 0.3) is 5.78 Å².